The van der Waals surface area contributed by atoms with E-state index in [1.165, 1.54) is 44.6 Å². The molecule has 1 amide bonds. The maximum absolute atomic E-state index is 12.8. The van der Waals surface area contributed by atoms with Crippen LogP contribution in [-0.2, 0) is 14.8 Å². The summed E-state index contributed by atoms with van der Waals surface area (Å²) in [5.74, 6) is 1.15. The van der Waals surface area contributed by atoms with Gasteiger partial charge in [0.15, 0.2) is 0 Å². The Hall–Kier alpha value is -3.98. The molecular weight excluding hydrogens is 444 g/mol. The fourth-order valence-electron chi connectivity index (χ4n) is 2.96. The molecule has 0 radical (unpaired) electrons. The molecule has 0 bridgehead atoms. The maximum Gasteiger partial charge on any atom is 0.262 e. The fraction of sp³-hybridized carbons (Fsp3) is 0.125. The Bertz CT molecular complexity index is 1250. The van der Waals surface area contributed by atoms with Crippen LogP contribution in [0.1, 0.15) is 5.56 Å². The smallest absolute Gasteiger partial charge is 0.262 e. The van der Waals surface area contributed by atoms with E-state index in [1.54, 1.807) is 37.5 Å². The van der Waals surface area contributed by atoms with Gasteiger partial charge in [0, 0.05) is 23.4 Å². The number of amides is 1. The Morgan fingerprint density at radius 1 is 0.848 bits per heavy atom. The Morgan fingerprint density at radius 2 is 1.55 bits per heavy atom. The van der Waals surface area contributed by atoms with E-state index >= 15 is 0 Å². The second kappa shape index (κ2) is 10.6. The molecule has 0 aromatic heterocycles. The number of hydrogen-bond donors (Lipinski definition) is 2. The molecule has 0 saturated heterocycles. The molecule has 3 aromatic carbocycles. The van der Waals surface area contributed by atoms with E-state index in [4.69, 9.17) is 14.2 Å². The zero-order valence-corrected chi connectivity index (χ0v) is 19.2. The largest absolute Gasteiger partial charge is 0.497 e. The number of hydrogen-bond acceptors (Lipinski definition) is 6. The predicted molar refractivity (Wildman–Crippen MR) is 127 cm³/mol. The SMILES string of the molecule is COc1ccc(NS(=O)(=O)c2ccc(NC(=O)C=Cc3ccccc3OC)cc2)c(OC)c1. The van der Waals surface area contributed by atoms with E-state index in [0.717, 1.165) is 5.56 Å². The third kappa shape index (κ3) is 6.05. The van der Waals surface area contributed by atoms with Crippen molar-refractivity contribution in [3.63, 3.8) is 0 Å². The van der Waals surface area contributed by atoms with Gasteiger partial charge >= 0.3 is 0 Å². The van der Waals surface area contributed by atoms with E-state index in [9.17, 15) is 13.2 Å². The second-order valence-corrected chi connectivity index (χ2v) is 8.44. The number of methoxy groups -OCH3 is 3. The Kier molecular flexibility index (Phi) is 7.57. The first-order valence-electron chi connectivity index (χ1n) is 9.83. The normalized spacial score (nSPS) is 11.1. The molecule has 0 aliphatic heterocycles. The highest BCUT2D eigenvalue weighted by Gasteiger charge is 2.17. The number of nitrogens with one attached hydrogen (secondary N) is 2. The molecule has 0 heterocycles. The zero-order chi connectivity index (χ0) is 23.8. The maximum atomic E-state index is 12.8. The average Bonchev–Trinajstić information content (AvgIpc) is 2.83. The summed E-state index contributed by atoms with van der Waals surface area (Å²) in [6.45, 7) is 0. The number of ether oxygens (including phenoxy) is 3. The summed E-state index contributed by atoms with van der Waals surface area (Å²) in [6, 6.07) is 17.9. The number of carbonyl (C=O) groups is 1. The van der Waals surface area contributed by atoms with Gasteiger partial charge in [0.05, 0.1) is 31.9 Å². The van der Waals surface area contributed by atoms with Crippen LogP contribution < -0.4 is 24.2 Å². The lowest BCUT2D eigenvalue weighted by Gasteiger charge is -2.13. The quantitative estimate of drug-likeness (QED) is 0.457. The van der Waals surface area contributed by atoms with Gasteiger partial charge in [-0.2, -0.15) is 0 Å². The van der Waals surface area contributed by atoms with Gasteiger partial charge in [-0.05, 0) is 48.5 Å². The van der Waals surface area contributed by atoms with Gasteiger partial charge in [-0.3, -0.25) is 9.52 Å². The molecule has 0 unspecified atom stereocenters. The van der Waals surface area contributed by atoms with E-state index in [2.05, 4.69) is 10.0 Å². The lowest BCUT2D eigenvalue weighted by molar-refractivity contribution is -0.111. The highest BCUT2D eigenvalue weighted by molar-refractivity contribution is 7.92. The number of rotatable bonds is 9. The highest BCUT2D eigenvalue weighted by atomic mass is 32.2. The van der Waals surface area contributed by atoms with E-state index in [-0.39, 0.29) is 16.5 Å². The summed E-state index contributed by atoms with van der Waals surface area (Å²) in [5.41, 5.74) is 1.49. The van der Waals surface area contributed by atoms with Crippen molar-refractivity contribution in [2.24, 2.45) is 0 Å². The van der Waals surface area contributed by atoms with Gasteiger partial charge in [0.2, 0.25) is 5.91 Å². The van der Waals surface area contributed by atoms with Gasteiger partial charge in [0.1, 0.15) is 17.2 Å². The van der Waals surface area contributed by atoms with Crippen LogP contribution in [0.5, 0.6) is 17.2 Å². The van der Waals surface area contributed by atoms with Crippen molar-refractivity contribution in [1.82, 2.24) is 0 Å². The number of carbonyl (C=O) groups excluding carboxylic acids is 1. The molecule has 2 N–H and O–H groups in total. The third-order valence-corrected chi connectivity index (χ3v) is 6.02. The van der Waals surface area contributed by atoms with Crippen LogP contribution in [0.15, 0.2) is 77.7 Å². The van der Waals surface area contributed by atoms with Gasteiger partial charge < -0.3 is 19.5 Å². The minimum Gasteiger partial charge on any atom is -0.497 e. The van der Waals surface area contributed by atoms with E-state index in [1.807, 2.05) is 18.2 Å². The molecule has 0 aliphatic carbocycles. The summed E-state index contributed by atoms with van der Waals surface area (Å²) in [5, 5.41) is 2.69. The van der Waals surface area contributed by atoms with Gasteiger partial charge in [-0.1, -0.05) is 18.2 Å². The average molecular weight is 469 g/mol. The first-order valence-corrected chi connectivity index (χ1v) is 11.3. The Morgan fingerprint density at radius 3 is 2.21 bits per heavy atom. The van der Waals surface area contributed by atoms with Gasteiger partial charge in [-0.25, -0.2) is 8.42 Å². The first-order chi connectivity index (χ1) is 15.9. The zero-order valence-electron chi connectivity index (χ0n) is 18.4. The van der Waals surface area contributed by atoms with Crippen LogP contribution in [0.25, 0.3) is 6.08 Å². The van der Waals surface area contributed by atoms with Crippen molar-refractivity contribution in [1.29, 1.82) is 0 Å². The summed E-state index contributed by atoms with van der Waals surface area (Å²) >= 11 is 0. The molecule has 9 heteroatoms. The van der Waals surface area contributed by atoms with Crippen molar-refractivity contribution in [3.8, 4) is 17.2 Å². The Balaban J connectivity index is 1.69. The monoisotopic (exact) mass is 468 g/mol. The summed E-state index contributed by atoms with van der Waals surface area (Å²) in [6.07, 6.45) is 3.01. The van der Waals surface area contributed by atoms with Crippen molar-refractivity contribution >= 4 is 33.4 Å². The molecule has 0 fully saturated rings. The summed E-state index contributed by atoms with van der Waals surface area (Å²) in [7, 11) is 0.625. The summed E-state index contributed by atoms with van der Waals surface area (Å²) < 4.78 is 43.6. The third-order valence-electron chi connectivity index (χ3n) is 4.64. The number of sulfonamides is 1. The number of anilines is 2. The molecule has 0 atom stereocenters. The minimum atomic E-state index is -3.88. The molecular formula is C24H24N2O6S. The summed E-state index contributed by atoms with van der Waals surface area (Å²) in [4.78, 5) is 12.3. The molecule has 0 saturated carbocycles. The molecule has 3 aromatic rings. The van der Waals surface area contributed by atoms with E-state index < -0.39 is 10.0 Å². The first kappa shape index (κ1) is 23.7. The molecule has 0 aliphatic rings. The van der Waals surface area contributed by atoms with Gasteiger partial charge in [-0.15, -0.1) is 0 Å². The van der Waals surface area contributed by atoms with Crippen molar-refractivity contribution in [3.05, 3.63) is 78.4 Å². The fourth-order valence-corrected chi connectivity index (χ4v) is 4.03. The van der Waals surface area contributed by atoms with Crippen LogP contribution >= 0.6 is 0 Å². The number of para-hydroxylation sites is 1. The van der Waals surface area contributed by atoms with Crippen LogP contribution in [0.4, 0.5) is 11.4 Å². The molecule has 33 heavy (non-hydrogen) atoms. The highest BCUT2D eigenvalue weighted by Crippen LogP contribution is 2.31. The lowest BCUT2D eigenvalue weighted by atomic mass is 10.2. The van der Waals surface area contributed by atoms with Crippen molar-refractivity contribution in [2.75, 3.05) is 31.4 Å². The molecule has 8 nitrogen and oxygen atoms in total. The van der Waals surface area contributed by atoms with E-state index in [0.29, 0.717) is 22.9 Å². The topological polar surface area (TPSA) is 103 Å². The van der Waals surface area contributed by atoms with Crippen LogP contribution in [0, 0.1) is 0 Å². The minimum absolute atomic E-state index is 0.0305. The van der Waals surface area contributed by atoms with Crippen LogP contribution in [0.3, 0.4) is 0 Å². The van der Waals surface area contributed by atoms with Crippen molar-refractivity contribution < 1.29 is 27.4 Å². The van der Waals surface area contributed by atoms with Crippen LogP contribution in [0.2, 0.25) is 0 Å². The Labute approximate surface area is 192 Å². The standard InChI is InChI=1S/C24H24N2O6S/c1-30-19-11-14-21(23(16-19)32-3)26-33(28,29)20-12-9-18(10-13-20)25-24(27)15-8-17-6-4-5-7-22(17)31-2/h4-16,26H,1-3H3,(H,25,27). The predicted octanol–water partition coefficient (Wildman–Crippen LogP) is 4.17. The second-order valence-electron chi connectivity index (χ2n) is 6.76. The lowest BCUT2D eigenvalue weighted by Crippen LogP contribution is -2.14. The molecule has 172 valence electrons. The molecule has 3 rings (SSSR count). The molecule has 0 spiro atoms. The van der Waals surface area contributed by atoms with Gasteiger partial charge in [0.25, 0.3) is 10.0 Å². The van der Waals surface area contributed by atoms with Crippen molar-refractivity contribution in [2.45, 2.75) is 4.90 Å². The van der Waals surface area contributed by atoms with Crippen LogP contribution in [-0.4, -0.2) is 35.7 Å². The number of benzene rings is 3.